The maximum atomic E-state index is 4.35. The van der Waals surface area contributed by atoms with Gasteiger partial charge in [-0.05, 0) is 30.9 Å². The Kier molecular flexibility index (Phi) is 2.10. The van der Waals surface area contributed by atoms with Crippen molar-refractivity contribution in [1.82, 2.24) is 9.36 Å². The van der Waals surface area contributed by atoms with E-state index in [0.29, 0.717) is 0 Å². The molecule has 0 atom stereocenters. The van der Waals surface area contributed by atoms with Crippen LogP contribution in [0.15, 0.2) is 24.3 Å². The molecule has 0 aliphatic heterocycles. The van der Waals surface area contributed by atoms with Crippen molar-refractivity contribution in [3.63, 3.8) is 0 Å². The largest absolute Gasteiger partial charge is 0.220 e. The normalized spacial score (nSPS) is 10.3. The third-order valence-electron chi connectivity index (χ3n) is 1.90. The topological polar surface area (TPSA) is 25.8 Å². The second-order valence-electron chi connectivity index (χ2n) is 2.96. The molecule has 0 N–H and O–H groups in total. The Morgan fingerprint density at radius 3 is 2.54 bits per heavy atom. The van der Waals surface area contributed by atoms with Gasteiger partial charge in [0.1, 0.15) is 10.8 Å². The summed E-state index contributed by atoms with van der Waals surface area (Å²) in [5.74, 6) is 0.850. The van der Waals surface area contributed by atoms with Gasteiger partial charge in [-0.1, -0.05) is 24.3 Å². The van der Waals surface area contributed by atoms with E-state index in [1.807, 2.05) is 19.1 Å². The molecule has 0 amide bonds. The van der Waals surface area contributed by atoms with Gasteiger partial charge in [-0.3, -0.25) is 0 Å². The molecule has 2 nitrogen and oxygen atoms in total. The second-order valence-corrected chi connectivity index (χ2v) is 3.71. The van der Waals surface area contributed by atoms with Crippen molar-refractivity contribution in [3.05, 3.63) is 35.7 Å². The molecule has 0 saturated carbocycles. The van der Waals surface area contributed by atoms with E-state index in [1.165, 1.54) is 22.7 Å². The SMILES string of the molecule is Cc1nsc(-c2ccccc2C)n1. The molecular weight excluding hydrogens is 180 g/mol. The van der Waals surface area contributed by atoms with Crippen LogP contribution in [0.4, 0.5) is 0 Å². The zero-order chi connectivity index (χ0) is 9.26. The molecule has 0 bridgehead atoms. The number of aromatic nitrogens is 2. The summed E-state index contributed by atoms with van der Waals surface area (Å²) in [6.07, 6.45) is 0. The number of aryl methyl sites for hydroxylation is 2. The van der Waals surface area contributed by atoms with Crippen molar-refractivity contribution in [2.45, 2.75) is 13.8 Å². The fourth-order valence-electron chi connectivity index (χ4n) is 1.22. The van der Waals surface area contributed by atoms with Crippen LogP contribution in [-0.4, -0.2) is 9.36 Å². The van der Waals surface area contributed by atoms with Crippen molar-refractivity contribution in [3.8, 4) is 10.6 Å². The summed E-state index contributed by atoms with van der Waals surface area (Å²) in [6, 6.07) is 8.23. The summed E-state index contributed by atoms with van der Waals surface area (Å²) in [4.78, 5) is 4.35. The van der Waals surface area contributed by atoms with E-state index in [4.69, 9.17) is 0 Å². The van der Waals surface area contributed by atoms with Crippen molar-refractivity contribution in [2.24, 2.45) is 0 Å². The first-order chi connectivity index (χ1) is 6.27. The molecule has 3 heteroatoms. The molecule has 0 spiro atoms. The van der Waals surface area contributed by atoms with E-state index in [2.05, 4.69) is 28.4 Å². The molecular formula is C10H10N2S. The van der Waals surface area contributed by atoms with E-state index >= 15 is 0 Å². The molecule has 0 unspecified atom stereocenters. The van der Waals surface area contributed by atoms with Crippen molar-refractivity contribution < 1.29 is 0 Å². The van der Waals surface area contributed by atoms with Gasteiger partial charge in [-0.2, -0.15) is 4.37 Å². The Morgan fingerprint density at radius 1 is 1.15 bits per heavy atom. The Morgan fingerprint density at radius 2 is 1.92 bits per heavy atom. The highest BCUT2D eigenvalue weighted by Gasteiger charge is 2.05. The highest BCUT2D eigenvalue weighted by molar-refractivity contribution is 7.09. The average molecular weight is 190 g/mol. The summed E-state index contributed by atoms with van der Waals surface area (Å²) >= 11 is 1.46. The molecule has 0 fully saturated rings. The zero-order valence-corrected chi connectivity index (χ0v) is 8.43. The molecule has 66 valence electrons. The van der Waals surface area contributed by atoms with Crippen LogP contribution in [0.5, 0.6) is 0 Å². The molecule has 0 aliphatic rings. The van der Waals surface area contributed by atoms with Crippen LogP contribution in [-0.2, 0) is 0 Å². The molecule has 0 aliphatic carbocycles. The molecule has 1 aromatic carbocycles. The number of nitrogens with zero attached hydrogens (tertiary/aromatic N) is 2. The van der Waals surface area contributed by atoms with Gasteiger partial charge in [0.25, 0.3) is 0 Å². The first-order valence-electron chi connectivity index (χ1n) is 4.13. The van der Waals surface area contributed by atoms with E-state index in [1.54, 1.807) is 0 Å². The third-order valence-corrected chi connectivity index (χ3v) is 2.74. The lowest BCUT2D eigenvalue weighted by molar-refractivity contribution is 1.17. The Bertz CT molecular complexity index is 420. The van der Waals surface area contributed by atoms with Gasteiger partial charge in [0.15, 0.2) is 0 Å². The first kappa shape index (κ1) is 8.38. The van der Waals surface area contributed by atoms with Crippen LogP contribution in [0.2, 0.25) is 0 Å². The highest BCUT2D eigenvalue weighted by Crippen LogP contribution is 2.24. The molecule has 0 radical (unpaired) electrons. The highest BCUT2D eigenvalue weighted by atomic mass is 32.1. The maximum Gasteiger partial charge on any atom is 0.144 e. The smallest absolute Gasteiger partial charge is 0.144 e. The molecule has 13 heavy (non-hydrogen) atoms. The quantitative estimate of drug-likeness (QED) is 0.691. The van der Waals surface area contributed by atoms with Gasteiger partial charge < -0.3 is 0 Å². The molecule has 1 heterocycles. The molecule has 2 aromatic rings. The Labute approximate surface area is 81.4 Å². The van der Waals surface area contributed by atoms with Crippen LogP contribution in [0.1, 0.15) is 11.4 Å². The second kappa shape index (κ2) is 3.26. The Balaban J connectivity index is 2.52. The van der Waals surface area contributed by atoms with Gasteiger partial charge in [-0.25, -0.2) is 4.98 Å². The summed E-state index contributed by atoms with van der Waals surface area (Å²) in [7, 11) is 0. The van der Waals surface area contributed by atoms with Gasteiger partial charge in [0, 0.05) is 5.56 Å². The van der Waals surface area contributed by atoms with E-state index in [9.17, 15) is 0 Å². The lowest BCUT2D eigenvalue weighted by atomic mass is 10.1. The third kappa shape index (κ3) is 1.60. The predicted octanol–water partition coefficient (Wildman–Crippen LogP) is 2.82. The standard InChI is InChI=1S/C10H10N2S/c1-7-5-3-4-6-9(7)10-11-8(2)12-13-10/h3-6H,1-2H3. The molecule has 1 aromatic heterocycles. The van der Waals surface area contributed by atoms with E-state index < -0.39 is 0 Å². The van der Waals surface area contributed by atoms with Gasteiger partial charge in [-0.15, -0.1) is 0 Å². The van der Waals surface area contributed by atoms with Crippen molar-refractivity contribution in [1.29, 1.82) is 0 Å². The van der Waals surface area contributed by atoms with Crippen molar-refractivity contribution in [2.75, 3.05) is 0 Å². The summed E-state index contributed by atoms with van der Waals surface area (Å²) < 4.78 is 4.16. The van der Waals surface area contributed by atoms with Crippen LogP contribution in [0, 0.1) is 13.8 Å². The van der Waals surface area contributed by atoms with Crippen LogP contribution >= 0.6 is 11.5 Å². The van der Waals surface area contributed by atoms with E-state index in [0.717, 1.165) is 10.8 Å². The fraction of sp³-hybridized carbons (Fsp3) is 0.200. The minimum absolute atomic E-state index is 0.850. The number of hydrogen-bond donors (Lipinski definition) is 0. The number of rotatable bonds is 1. The van der Waals surface area contributed by atoms with E-state index in [-0.39, 0.29) is 0 Å². The van der Waals surface area contributed by atoms with Gasteiger partial charge in [0.05, 0.1) is 0 Å². The summed E-state index contributed by atoms with van der Waals surface area (Å²) in [5, 5.41) is 1.01. The molecule has 2 rings (SSSR count). The Hall–Kier alpha value is -1.22. The monoisotopic (exact) mass is 190 g/mol. The minimum atomic E-state index is 0.850. The van der Waals surface area contributed by atoms with Crippen LogP contribution in [0.25, 0.3) is 10.6 Å². The average Bonchev–Trinajstić information content (AvgIpc) is 2.53. The van der Waals surface area contributed by atoms with Crippen LogP contribution < -0.4 is 0 Å². The van der Waals surface area contributed by atoms with Gasteiger partial charge in [0.2, 0.25) is 0 Å². The minimum Gasteiger partial charge on any atom is -0.220 e. The number of hydrogen-bond acceptors (Lipinski definition) is 3. The van der Waals surface area contributed by atoms with Crippen LogP contribution in [0.3, 0.4) is 0 Å². The summed E-state index contributed by atoms with van der Waals surface area (Å²) in [5.41, 5.74) is 2.44. The zero-order valence-electron chi connectivity index (χ0n) is 7.61. The summed E-state index contributed by atoms with van der Waals surface area (Å²) in [6.45, 7) is 4.00. The maximum absolute atomic E-state index is 4.35. The lowest BCUT2D eigenvalue weighted by Crippen LogP contribution is -1.81. The fourth-order valence-corrected chi connectivity index (χ4v) is 1.98. The molecule has 0 saturated heterocycles. The predicted molar refractivity (Wildman–Crippen MR) is 54.8 cm³/mol. The first-order valence-corrected chi connectivity index (χ1v) is 4.91. The lowest BCUT2D eigenvalue weighted by Gasteiger charge is -1.98. The number of benzene rings is 1. The van der Waals surface area contributed by atoms with Crippen molar-refractivity contribution >= 4 is 11.5 Å². The van der Waals surface area contributed by atoms with Gasteiger partial charge >= 0.3 is 0 Å².